The Labute approximate surface area is 172 Å². The first-order valence-electron chi connectivity index (χ1n) is 9.57. The van der Waals surface area contributed by atoms with Crippen molar-refractivity contribution in [2.75, 3.05) is 19.0 Å². The highest BCUT2D eigenvalue weighted by molar-refractivity contribution is 7.80. The Bertz CT molecular complexity index is 763. The van der Waals surface area contributed by atoms with E-state index in [0.717, 1.165) is 29.2 Å². The van der Waals surface area contributed by atoms with Gasteiger partial charge in [-0.1, -0.05) is 44.4 Å². The van der Waals surface area contributed by atoms with Crippen LogP contribution < -0.4 is 20.1 Å². The van der Waals surface area contributed by atoms with E-state index >= 15 is 0 Å². The molecule has 2 aromatic carbocycles. The number of hydrogen-bond donors (Lipinski definition) is 2. The maximum Gasteiger partial charge on any atom is 0.230 e. The number of rotatable bonds is 10. The minimum atomic E-state index is -0.175. The second-order valence-electron chi connectivity index (χ2n) is 6.46. The fourth-order valence-corrected chi connectivity index (χ4v) is 2.88. The maximum atomic E-state index is 12.2. The Morgan fingerprint density at radius 1 is 1.04 bits per heavy atom. The number of hydrogen-bond acceptors (Lipinski definition) is 4. The van der Waals surface area contributed by atoms with Crippen molar-refractivity contribution in [1.82, 2.24) is 5.32 Å². The lowest BCUT2D eigenvalue weighted by Gasteiger charge is -2.12. The third kappa shape index (κ3) is 7.96. The molecule has 0 unspecified atom stereocenters. The topological polar surface area (TPSA) is 59.6 Å². The van der Waals surface area contributed by atoms with Crippen LogP contribution in [0.4, 0.5) is 5.69 Å². The number of methoxy groups -OCH3 is 1. The number of unbranched alkanes of at least 4 members (excludes halogenated alkanes) is 3. The molecule has 0 aliphatic carbocycles. The molecule has 0 saturated heterocycles. The van der Waals surface area contributed by atoms with Crippen molar-refractivity contribution in [2.24, 2.45) is 0 Å². The van der Waals surface area contributed by atoms with E-state index in [-0.39, 0.29) is 17.4 Å². The molecule has 1 amide bonds. The van der Waals surface area contributed by atoms with Gasteiger partial charge in [-0.25, -0.2) is 0 Å². The van der Waals surface area contributed by atoms with E-state index in [1.165, 1.54) is 19.3 Å². The van der Waals surface area contributed by atoms with E-state index in [2.05, 4.69) is 17.6 Å². The molecule has 0 atom stereocenters. The monoisotopic (exact) mass is 400 g/mol. The lowest BCUT2D eigenvalue weighted by Crippen LogP contribution is -2.35. The first-order chi connectivity index (χ1) is 13.6. The first kappa shape index (κ1) is 21.7. The van der Waals surface area contributed by atoms with Crippen LogP contribution in [-0.2, 0) is 11.2 Å². The molecule has 0 saturated carbocycles. The molecule has 0 bridgehead atoms. The van der Waals surface area contributed by atoms with Gasteiger partial charge in [0.2, 0.25) is 5.91 Å². The average molecular weight is 401 g/mol. The number of carbonyl (C=O) groups is 1. The summed E-state index contributed by atoms with van der Waals surface area (Å²) >= 11 is 5.24. The van der Waals surface area contributed by atoms with Crippen LogP contribution in [0.3, 0.4) is 0 Å². The van der Waals surface area contributed by atoms with E-state index in [1.807, 2.05) is 48.5 Å². The van der Waals surface area contributed by atoms with Gasteiger partial charge in [0, 0.05) is 11.8 Å². The van der Waals surface area contributed by atoms with E-state index < -0.39 is 0 Å². The fourth-order valence-electron chi connectivity index (χ4n) is 2.64. The van der Waals surface area contributed by atoms with Gasteiger partial charge in [-0.15, -0.1) is 0 Å². The third-order valence-electron chi connectivity index (χ3n) is 4.14. The molecule has 0 fully saturated rings. The summed E-state index contributed by atoms with van der Waals surface area (Å²) in [4.78, 5) is 12.2. The van der Waals surface area contributed by atoms with Crippen molar-refractivity contribution in [3.05, 3.63) is 54.1 Å². The first-order valence-corrected chi connectivity index (χ1v) is 9.98. The minimum absolute atomic E-state index is 0.175. The van der Waals surface area contributed by atoms with Gasteiger partial charge in [-0.05, 0) is 48.5 Å². The Kier molecular flexibility index (Phi) is 9.28. The van der Waals surface area contributed by atoms with Crippen molar-refractivity contribution in [3.8, 4) is 11.5 Å². The summed E-state index contributed by atoms with van der Waals surface area (Å²) in [5, 5.41) is 5.99. The molecule has 150 valence electrons. The molecular weight excluding hydrogens is 372 g/mol. The number of carbonyl (C=O) groups excluding carboxylic acids is 1. The molecule has 0 aliphatic rings. The Morgan fingerprint density at radius 3 is 2.54 bits per heavy atom. The zero-order valence-electron chi connectivity index (χ0n) is 16.5. The lowest BCUT2D eigenvalue weighted by molar-refractivity contribution is -0.119. The molecule has 0 aromatic heterocycles. The quantitative estimate of drug-likeness (QED) is 0.447. The average Bonchev–Trinajstić information content (AvgIpc) is 2.68. The van der Waals surface area contributed by atoms with Crippen LogP contribution in [0, 0.1) is 0 Å². The molecule has 6 heteroatoms. The zero-order valence-corrected chi connectivity index (χ0v) is 17.3. The van der Waals surface area contributed by atoms with E-state index in [4.69, 9.17) is 21.7 Å². The second kappa shape index (κ2) is 12.0. The number of nitrogens with one attached hydrogen (secondary N) is 2. The zero-order chi connectivity index (χ0) is 20.2. The predicted molar refractivity (Wildman–Crippen MR) is 117 cm³/mol. The number of thiocarbonyl (C=S) groups is 1. The molecule has 0 radical (unpaired) electrons. The normalized spacial score (nSPS) is 10.2. The Hall–Kier alpha value is -2.60. The van der Waals surface area contributed by atoms with Crippen molar-refractivity contribution < 1.29 is 14.3 Å². The van der Waals surface area contributed by atoms with Crippen molar-refractivity contribution >= 4 is 28.9 Å². The van der Waals surface area contributed by atoms with Gasteiger partial charge in [0.15, 0.2) is 5.11 Å². The van der Waals surface area contributed by atoms with Crippen LogP contribution in [0.25, 0.3) is 0 Å². The summed E-state index contributed by atoms with van der Waals surface area (Å²) < 4.78 is 10.9. The third-order valence-corrected chi connectivity index (χ3v) is 4.34. The van der Waals surface area contributed by atoms with E-state index in [1.54, 1.807) is 7.11 Å². The van der Waals surface area contributed by atoms with Crippen molar-refractivity contribution in [2.45, 2.75) is 39.0 Å². The van der Waals surface area contributed by atoms with Crippen LogP contribution >= 0.6 is 12.2 Å². The summed E-state index contributed by atoms with van der Waals surface area (Å²) in [6.45, 7) is 2.89. The Balaban J connectivity index is 1.78. The number of ether oxygens (including phenoxy) is 2. The Morgan fingerprint density at radius 2 is 1.82 bits per heavy atom. The summed E-state index contributed by atoms with van der Waals surface area (Å²) in [6, 6.07) is 14.9. The summed E-state index contributed by atoms with van der Waals surface area (Å²) in [5.74, 6) is 1.37. The van der Waals surface area contributed by atoms with Gasteiger partial charge >= 0.3 is 0 Å². The maximum absolute atomic E-state index is 12.2. The van der Waals surface area contributed by atoms with Crippen LogP contribution in [0.15, 0.2) is 48.5 Å². The van der Waals surface area contributed by atoms with Crippen LogP contribution in [0.5, 0.6) is 11.5 Å². The molecule has 28 heavy (non-hydrogen) atoms. The highest BCUT2D eigenvalue weighted by Gasteiger charge is 2.07. The lowest BCUT2D eigenvalue weighted by atomic mass is 10.1. The highest BCUT2D eigenvalue weighted by atomic mass is 32.1. The van der Waals surface area contributed by atoms with Gasteiger partial charge in [0.05, 0.1) is 20.1 Å². The molecular formula is C22H28N2O3S. The van der Waals surface area contributed by atoms with Crippen LogP contribution in [0.1, 0.15) is 38.2 Å². The number of benzene rings is 2. The SMILES string of the molecule is CCCCCCOc1cccc(NC(=S)NC(=O)Cc2ccc(OC)cc2)c1. The summed E-state index contributed by atoms with van der Waals surface area (Å²) in [7, 11) is 1.61. The van der Waals surface area contributed by atoms with Crippen molar-refractivity contribution in [3.63, 3.8) is 0 Å². The van der Waals surface area contributed by atoms with Gasteiger partial charge < -0.3 is 20.1 Å². The predicted octanol–water partition coefficient (Wildman–Crippen LogP) is 4.71. The molecule has 2 N–H and O–H groups in total. The highest BCUT2D eigenvalue weighted by Crippen LogP contribution is 2.18. The molecule has 5 nitrogen and oxygen atoms in total. The van der Waals surface area contributed by atoms with Gasteiger partial charge in [0.25, 0.3) is 0 Å². The van der Waals surface area contributed by atoms with Crippen molar-refractivity contribution in [1.29, 1.82) is 0 Å². The largest absolute Gasteiger partial charge is 0.497 e. The molecule has 0 spiro atoms. The number of amides is 1. The van der Waals surface area contributed by atoms with Crippen LogP contribution in [0.2, 0.25) is 0 Å². The summed E-state index contributed by atoms with van der Waals surface area (Å²) in [6.07, 6.45) is 4.91. The van der Waals surface area contributed by atoms with Gasteiger partial charge in [-0.2, -0.15) is 0 Å². The molecule has 0 aliphatic heterocycles. The fraction of sp³-hybridized carbons (Fsp3) is 0.364. The minimum Gasteiger partial charge on any atom is -0.497 e. The van der Waals surface area contributed by atoms with Crippen LogP contribution in [-0.4, -0.2) is 24.7 Å². The van der Waals surface area contributed by atoms with E-state index in [9.17, 15) is 4.79 Å². The van der Waals surface area contributed by atoms with E-state index in [0.29, 0.717) is 6.61 Å². The second-order valence-corrected chi connectivity index (χ2v) is 6.87. The van der Waals surface area contributed by atoms with Gasteiger partial charge in [0.1, 0.15) is 11.5 Å². The smallest absolute Gasteiger partial charge is 0.230 e. The standard InChI is InChI=1S/C22H28N2O3S/c1-3-4-5-6-14-27-20-9-7-8-18(16-20)23-22(28)24-21(25)15-17-10-12-19(26-2)13-11-17/h7-13,16H,3-6,14-15H2,1-2H3,(H2,23,24,25,28). The molecule has 2 rings (SSSR count). The van der Waals surface area contributed by atoms with Gasteiger partial charge in [-0.3, -0.25) is 4.79 Å². The summed E-state index contributed by atoms with van der Waals surface area (Å²) in [5.41, 5.74) is 1.67. The molecule has 2 aromatic rings. The number of anilines is 1. The molecule has 0 heterocycles.